The van der Waals surface area contributed by atoms with Crippen molar-refractivity contribution in [2.24, 2.45) is 7.05 Å². The van der Waals surface area contributed by atoms with Gasteiger partial charge >= 0.3 is 0 Å². The van der Waals surface area contributed by atoms with Crippen LogP contribution in [0.15, 0.2) is 30.6 Å². The molecule has 0 radical (unpaired) electrons. The molecule has 1 fully saturated rings. The lowest BCUT2D eigenvalue weighted by Crippen LogP contribution is -2.51. The molecule has 1 saturated heterocycles. The van der Waals surface area contributed by atoms with Crippen LogP contribution < -0.4 is 0 Å². The highest BCUT2D eigenvalue weighted by Gasteiger charge is 2.24. The molecular weight excluding hydrogens is 346 g/mol. The summed E-state index contributed by atoms with van der Waals surface area (Å²) in [6.07, 6.45) is 4.71. The number of rotatable bonds is 4. The highest BCUT2D eigenvalue weighted by atomic mass is 35.5. The van der Waals surface area contributed by atoms with Crippen molar-refractivity contribution in [2.75, 3.05) is 26.2 Å². The van der Waals surface area contributed by atoms with E-state index in [1.807, 2.05) is 52.0 Å². The van der Waals surface area contributed by atoms with Gasteiger partial charge < -0.3 is 14.4 Å². The van der Waals surface area contributed by atoms with E-state index in [4.69, 9.17) is 11.6 Å². The third kappa shape index (κ3) is 4.19. The highest BCUT2D eigenvalue weighted by molar-refractivity contribution is 7.16. The first kappa shape index (κ1) is 17.0. The molecule has 2 aromatic rings. The summed E-state index contributed by atoms with van der Waals surface area (Å²) in [6, 6.07) is 5.67. The second-order valence-electron chi connectivity index (χ2n) is 6.01. The van der Waals surface area contributed by atoms with Crippen LogP contribution in [0.5, 0.6) is 0 Å². The largest absolute Gasteiger partial charge is 0.357 e. The summed E-state index contributed by atoms with van der Waals surface area (Å²) >= 11 is 7.34. The fraction of sp³-hybridized carbons (Fsp3) is 0.412. The number of aryl methyl sites for hydroxylation is 1. The summed E-state index contributed by atoms with van der Waals surface area (Å²) in [7, 11) is 1.94. The highest BCUT2D eigenvalue weighted by Crippen LogP contribution is 2.22. The van der Waals surface area contributed by atoms with E-state index in [1.165, 1.54) is 11.3 Å². The average Bonchev–Trinajstić information content (AvgIpc) is 3.15. The molecule has 2 amide bonds. The molecule has 0 saturated carbocycles. The minimum atomic E-state index is 0.101. The van der Waals surface area contributed by atoms with Gasteiger partial charge in [-0.25, -0.2) is 0 Å². The van der Waals surface area contributed by atoms with Crippen molar-refractivity contribution in [3.8, 4) is 0 Å². The molecule has 24 heavy (non-hydrogen) atoms. The van der Waals surface area contributed by atoms with Crippen LogP contribution in [0.3, 0.4) is 0 Å². The predicted molar refractivity (Wildman–Crippen MR) is 95.3 cm³/mol. The van der Waals surface area contributed by atoms with E-state index < -0.39 is 0 Å². The minimum absolute atomic E-state index is 0.101. The van der Waals surface area contributed by atoms with Crippen LogP contribution in [0.4, 0.5) is 0 Å². The van der Waals surface area contributed by atoms with Crippen molar-refractivity contribution in [2.45, 2.75) is 12.8 Å². The first-order valence-electron chi connectivity index (χ1n) is 7.92. The Bertz CT molecular complexity index is 670. The lowest BCUT2D eigenvalue weighted by molar-refractivity contribution is -0.138. The SMILES string of the molecule is Cn1ccc(CC(=O)N2CCN(C(=O)Cc3ccc(Cl)s3)CC2)c1. The van der Waals surface area contributed by atoms with Gasteiger partial charge in [-0.15, -0.1) is 11.3 Å². The van der Waals surface area contributed by atoms with E-state index in [1.54, 1.807) is 0 Å². The number of thiophene rings is 1. The summed E-state index contributed by atoms with van der Waals surface area (Å²) in [5.41, 5.74) is 1.02. The summed E-state index contributed by atoms with van der Waals surface area (Å²) < 4.78 is 2.64. The van der Waals surface area contributed by atoms with E-state index in [9.17, 15) is 9.59 Å². The number of hydrogen-bond acceptors (Lipinski definition) is 3. The Morgan fingerprint density at radius 2 is 1.67 bits per heavy atom. The fourth-order valence-electron chi connectivity index (χ4n) is 2.86. The monoisotopic (exact) mass is 365 g/mol. The van der Waals surface area contributed by atoms with E-state index in [0.29, 0.717) is 43.4 Å². The second kappa shape index (κ2) is 7.40. The van der Waals surface area contributed by atoms with Crippen LogP contribution in [-0.4, -0.2) is 52.4 Å². The molecule has 1 aliphatic heterocycles. The van der Waals surface area contributed by atoms with Gasteiger partial charge in [0.15, 0.2) is 0 Å². The number of hydrogen-bond donors (Lipinski definition) is 0. The zero-order chi connectivity index (χ0) is 17.1. The minimum Gasteiger partial charge on any atom is -0.357 e. The molecule has 128 valence electrons. The van der Waals surface area contributed by atoms with Gasteiger partial charge in [-0.1, -0.05) is 11.6 Å². The van der Waals surface area contributed by atoms with Crippen molar-refractivity contribution in [3.05, 3.63) is 45.4 Å². The number of piperazine rings is 1. The molecule has 0 N–H and O–H groups in total. The number of carbonyl (C=O) groups excluding carboxylic acids is 2. The molecule has 0 bridgehead atoms. The van der Waals surface area contributed by atoms with Crippen molar-refractivity contribution < 1.29 is 9.59 Å². The molecule has 3 rings (SSSR count). The molecule has 1 aliphatic rings. The van der Waals surface area contributed by atoms with Gasteiger partial charge in [0.1, 0.15) is 0 Å². The maximum atomic E-state index is 12.3. The second-order valence-corrected chi connectivity index (χ2v) is 7.81. The lowest BCUT2D eigenvalue weighted by Gasteiger charge is -2.34. The van der Waals surface area contributed by atoms with Crippen LogP contribution in [0.1, 0.15) is 10.4 Å². The van der Waals surface area contributed by atoms with Crippen molar-refractivity contribution in [3.63, 3.8) is 0 Å². The molecule has 0 aromatic carbocycles. The molecule has 3 heterocycles. The van der Waals surface area contributed by atoms with Crippen molar-refractivity contribution in [1.82, 2.24) is 14.4 Å². The lowest BCUT2D eigenvalue weighted by atomic mass is 10.2. The van der Waals surface area contributed by atoms with E-state index in [0.717, 1.165) is 10.4 Å². The zero-order valence-electron chi connectivity index (χ0n) is 13.6. The summed E-state index contributed by atoms with van der Waals surface area (Å²) in [5.74, 6) is 0.224. The quantitative estimate of drug-likeness (QED) is 0.833. The maximum Gasteiger partial charge on any atom is 0.227 e. The molecular formula is C17H20ClN3O2S. The van der Waals surface area contributed by atoms with Crippen molar-refractivity contribution in [1.29, 1.82) is 0 Å². The third-order valence-corrected chi connectivity index (χ3v) is 5.42. The fourth-order valence-corrected chi connectivity index (χ4v) is 3.94. The van der Waals surface area contributed by atoms with Crippen LogP contribution in [0, 0.1) is 0 Å². The van der Waals surface area contributed by atoms with Gasteiger partial charge in [-0.05, 0) is 23.8 Å². The Kier molecular flexibility index (Phi) is 5.26. The van der Waals surface area contributed by atoms with E-state index >= 15 is 0 Å². The molecule has 7 heteroatoms. The normalized spacial score (nSPS) is 14.9. The van der Waals surface area contributed by atoms with Crippen LogP contribution in [0.25, 0.3) is 0 Å². The van der Waals surface area contributed by atoms with Gasteiger partial charge in [0.2, 0.25) is 11.8 Å². The van der Waals surface area contributed by atoms with Gasteiger partial charge in [-0.2, -0.15) is 0 Å². The van der Waals surface area contributed by atoms with Gasteiger partial charge in [-0.3, -0.25) is 9.59 Å². The van der Waals surface area contributed by atoms with Crippen LogP contribution in [0.2, 0.25) is 4.34 Å². The molecule has 5 nitrogen and oxygen atoms in total. The Morgan fingerprint density at radius 1 is 1.04 bits per heavy atom. The zero-order valence-corrected chi connectivity index (χ0v) is 15.1. The Balaban J connectivity index is 1.48. The Labute approximate surface area is 150 Å². The number of nitrogens with zero attached hydrogens (tertiary/aromatic N) is 3. The summed E-state index contributed by atoms with van der Waals surface area (Å²) in [5, 5.41) is 0. The van der Waals surface area contributed by atoms with Gasteiger partial charge in [0.25, 0.3) is 0 Å². The van der Waals surface area contributed by atoms with E-state index in [-0.39, 0.29) is 11.8 Å². The first-order valence-corrected chi connectivity index (χ1v) is 9.11. The van der Waals surface area contributed by atoms with Crippen molar-refractivity contribution >= 4 is 34.8 Å². The van der Waals surface area contributed by atoms with Gasteiger partial charge in [0.05, 0.1) is 17.2 Å². The molecule has 2 aromatic heterocycles. The Morgan fingerprint density at radius 3 is 2.17 bits per heavy atom. The van der Waals surface area contributed by atoms with E-state index in [2.05, 4.69) is 0 Å². The number of halogens is 1. The number of carbonyl (C=O) groups is 2. The molecule has 0 spiro atoms. The third-order valence-electron chi connectivity index (χ3n) is 4.19. The smallest absolute Gasteiger partial charge is 0.227 e. The van der Waals surface area contributed by atoms with Crippen LogP contribution in [-0.2, 0) is 29.5 Å². The van der Waals surface area contributed by atoms with Gasteiger partial charge in [0, 0.05) is 50.5 Å². The molecule has 0 aliphatic carbocycles. The first-order chi connectivity index (χ1) is 11.5. The topological polar surface area (TPSA) is 45.6 Å². The Hall–Kier alpha value is -1.79. The molecule has 0 unspecified atom stereocenters. The maximum absolute atomic E-state index is 12.3. The summed E-state index contributed by atoms with van der Waals surface area (Å²) in [6.45, 7) is 2.39. The average molecular weight is 366 g/mol. The standard InChI is InChI=1S/C17H20ClN3O2S/c1-19-5-4-13(12-19)10-16(22)20-6-8-21(9-7-20)17(23)11-14-2-3-15(18)24-14/h2-5,12H,6-11H2,1H3. The number of aromatic nitrogens is 1. The predicted octanol–water partition coefficient (Wildman–Crippen LogP) is 2.20. The number of amides is 2. The summed E-state index contributed by atoms with van der Waals surface area (Å²) in [4.78, 5) is 29.3. The molecule has 0 atom stereocenters. The van der Waals surface area contributed by atoms with Crippen LogP contribution >= 0.6 is 22.9 Å².